The largest absolute Gasteiger partial charge is 0.489 e. The Hall–Kier alpha value is -1.95. The van der Waals surface area contributed by atoms with E-state index in [0.717, 1.165) is 0 Å². The van der Waals surface area contributed by atoms with E-state index in [1.165, 1.54) is 6.07 Å². The maximum atomic E-state index is 13.4. The highest BCUT2D eigenvalue weighted by Crippen LogP contribution is 2.21. The molecule has 2 unspecified atom stereocenters. The van der Waals surface area contributed by atoms with Gasteiger partial charge in [-0.1, -0.05) is 30.3 Å². The van der Waals surface area contributed by atoms with Crippen LogP contribution in [-0.2, 0) is 6.61 Å². The average Bonchev–Trinajstić information content (AvgIpc) is 2.53. The third-order valence-electron chi connectivity index (χ3n) is 3.13. The number of rotatable bonds is 6. The molecule has 3 N–H and O–H groups in total. The first-order valence-electron chi connectivity index (χ1n) is 6.55. The minimum absolute atomic E-state index is 0.105. The summed E-state index contributed by atoms with van der Waals surface area (Å²) in [6.07, 6.45) is -2.38. The Morgan fingerprint density at radius 3 is 2.29 bits per heavy atom. The van der Waals surface area contributed by atoms with Gasteiger partial charge in [-0.3, -0.25) is 0 Å². The molecule has 0 saturated heterocycles. The van der Waals surface area contributed by atoms with Gasteiger partial charge in [0.05, 0.1) is 6.61 Å². The van der Waals surface area contributed by atoms with Gasteiger partial charge in [-0.2, -0.15) is 0 Å². The molecule has 4 nitrogen and oxygen atoms in total. The van der Waals surface area contributed by atoms with E-state index in [1.54, 1.807) is 42.5 Å². The second-order valence-electron chi connectivity index (χ2n) is 4.64. The third kappa shape index (κ3) is 4.01. The van der Waals surface area contributed by atoms with Crippen LogP contribution in [0.1, 0.15) is 17.2 Å². The molecule has 0 heterocycles. The number of aliphatic hydroxyl groups excluding tert-OH is 3. The van der Waals surface area contributed by atoms with Crippen molar-refractivity contribution in [3.05, 3.63) is 65.5 Å². The van der Waals surface area contributed by atoms with Crippen LogP contribution >= 0.6 is 0 Å². The summed E-state index contributed by atoms with van der Waals surface area (Å²) in [5, 5.41) is 27.9. The first-order valence-corrected chi connectivity index (χ1v) is 6.55. The summed E-state index contributed by atoms with van der Waals surface area (Å²) in [5.41, 5.74) is 0.923. The van der Waals surface area contributed by atoms with Crippen molar-refractivity contribution in [2.45, 2.75) is 18.8 Å². The quantitative estimate of drug-likeness (QED) is 0.759. The highest BCUT2D eigenvalue weighted by atomic mass is 19.1. The Bertz CT molecular complexity index is 571. The Balaban J connectivity index is 1.98. The van der Waals surface area contributed by atoms with Crippen molar-refractivity contribution in [2.75, 3.05) is 6.61 Å². The Morgan fingerprint density at radius 2 is 1.67 bits per heavy atom. The number of hydrogen-bond acceptors (Lipinski definition) is 4. The summed E-state index contributed by atoms with van der Waals surface area (Å²) < 4.78 is 18.9. The van der Waals surface area contributed by atoms with Crippen LogP contribution in [-0.4, -0.2) is 28.0 Å². The molecule has 0 aliphatic rings. The molecule has 0 spiro atoms. The zero-order valence-corrected chi connectivity index (χ0v) is 11.3. The first kappa shape index (κ1) is 15.4. The summed E-state index contributed by atoms with van der Waals surface area (Å²) in [6, 6.07) is 12.8. The molecular weight excluding hydrogens is 275 g/mol. The fourth-order valence-electron chi connectivity index (χ4n) is 1.86. The van der Waals surface area contributed by atoms with Crippen molar-refractivity contribution < 1.29 is 24.4 Å². The van der Waals surface area contributed by atoms with E-state index in [4.69, 9.17) is 9.84 Å². The van der Waals surface area contributed by atoms with Gasteiger partial charge in [0.25, 0.3) is 0 Å². The van der Waals surface area contributed by atoms with E-state index in [2.05, 4.69) is 0 Å². The second kappa shape index (κ2) is 7.17. The Labute approximate surface area is 122 Å². The number of hydrogen-bond donors (Lipinski definition) is 3. The molecule has 2 atom stereocenters. The van der Waals surface area contributed by atoms with Crippen LogP contribution in [0.4, 0.5) is 4.39 Å². The van der Waals surface area contributed by atoms with E-state index in [0.29, 0.717) is 16.9 Å². The average molecular weight is 292 g/mol. The molecule has 0 fully saturated rings. The molecule has 112 valence electrons. The lowest BCUT2D eigenvalue weighted by Gasteiger charge is -2.16. The van der Waals surface area contributed by atoms with E-state index >= 15 is 0 Å². The zero-order valence-electron chi connectivity index (χ0n) is 11.3. The van der Waals surface area contributed by atoms with Crippen LogP contribution in [0, 0.1) is 5.82 Å². The van der Waals surface area contributed by atoms with E-state index in [1.807, 2.05) is 0 Å². The van der Waals surface area contributed by atoms with Gasteiger partial charge < -0.3 is 20.1 Å². The zero-order chi connectivity index (χ0) is 15.2. The number of benzene rings is 2. The number of ether oxygens (including phenoxy) is 1. The molecule has 0 bridgehead atoms. The molecule has 0 saturated carbocycles. The summed E-state index contributed by atoms with van der Waals surface area (Å²) in [7, 11) is 0. The van der Waals surface area contributed by atoms with Crippen LogP contribution in [0.3, 0.4) is 0 Å². The SMILES string of the molecule is OCC(O)C(O)c1ccc(OCc2ccccc2F)cc1. The molecule has 0 aliphatic heterocycles. The number of halogens is 1. The van der Waals surface area contributed by atoms with Crippen LogP contribution in [0.25, 0.3) is 0 Å². The molecule has 5 heteroatoms. The Kier molecular flexibility index (Phi) is 5.27. The van der Waals surface area contributed by atoms with Gasteiger partial charge in [-0.15, -0.1) is 0 Å². The standard InChI is InChI=1S/C16H17FO4/c17-14-4-2-1-3-12(14)10-21-13-7-5-11(6-8-13)16(20)15(19)9-18/h1-8,15-16,18-20H,9-10H2. The number of aliphatic hydroxyl groups is 3. The second-order valence-corrected chi connectivity index (χ2v) is 4.64. The first-order chi connectivity index (χ1) is 10.1. The smallest absolute Gasteiger partial charge is 0.129 e. The lowest BCUT2D eigenvalue weighted by atomic mass is 10.1. The summed E-state index contributed by atoms with van der Waals surface area (Å²) >= 11 is 0. The molecule has 21 heavy (non-hydrogen) atoms. The lowest BCUT2D eigenvalue weighted by molar-refractivity contribution is -0.0152. The van der Waals surface area contributed by atoms with Crippen molar-refractivity contribution in [1.29, 1.82) is 0 Å². The van der Waals surface area contributed by atoms with Crippen LogP contribution in [0.2, 0.25) is 0 Å². The molecule has 0 aliphatic carbocycles. The van der Waals surface area contributed by atoms with Crippen LogP contribution < -0.4 is 4.74 Å². The molecule has 0 radical (unpaired) electrons. The van der Waals surface area contributed by atoms with Crippen LogP contribution in [0.5, 0.6) is 5.75 Å². The van der Waals surface area contributed by atoms with Gasteiger partial charge in [-0.05, 0) is 23.8 Å². The van der Waals surface area contributed by atoms with E-state index < -0.39 is 18.8 Å². The topological polar surface area (TPSA) is 69.9 Å². The summed E-state index contributed by atoms with van der Waals surface area (Å²) in [5.74, 6) is 0.198. The van der Waals surface area contributed by atoms with Gasteiger partial charge in [0.15, 0.2) is 0 Å². The van der Waals surface area contributed by atoms with Gasteiger partial charge >= 0.3 is 0 Å². The molecule has 2 rings (SSSR count). The van der Waals surface area contributed by atoms with E-state index in [-0.39, 0.29) is 12.4 Å². The molecule has 2 aromatic carbocycles. The monoisotopic (exact) mass is 292 g/mol. The van der Waals surface area contributed by atoms with E-state index in [9.17, 15) is 14.6 Å². The van der Waals surface area contributed by atoms with Gasteiger partial charge in [0.1, 0.15) is 30.4 Å². The fraction of sp³-hybridized carbons (Fsp3) is 0.250. The van der Waals surface area contributed by atoms with Gasteiger partial charge in [0, 0.05) is 5.56 Å². The fourth-order valence-corrected chi connectivity index (χ4v) is 1.86. The third-order valence-corrected chi connectivity index (χ3v) is 3.13. The highest BCUT2D eigenvalue weighted by Gasteiger charge is 2.17. The maximum Gasteiger partial charge on any atom is 0.129 e. The van der Waals surface area contributed by atoms with Crippen molar-refractivity contribution in [1.82, 2.24) is 0 Å². The Morgan fingerprint density at radius 1 is 1.00 bits per heavy atom. The lowest BCUT2D eigenvalue weighted by Crippen LogP contribution is -2.21. The predicted molar refractivity (Wildman–Crippen MR) is 75.2 cm³/mol. The normalized spacial score (nSPS) is 13.7. The summed E-state index contributed by atoms with van der Waals surface area (Å²) in [6.45, 7) is -0.416. The van der Waals surface area contributed by atoms with Crippen molar-refractivity contribution in [2.24, 2.45) is 0 Å². The minimum Gasteiger partial charge on any atom is -0.489 e. The van der Waals surface area contributed by atoms with Gasteiger partial charge in [0.2, 0.25) is 0 Å². The summed E-state index contributed by atoms with van der Waals surface area (Å²) in [4.78, 5) is 0. The van der Waals surface area contributed by atoms with Crippen molar-refractivity contribution >= 4 is 0 Å². The molecule has 0 amide bonds. The highest BCUT2D eigenvalue weighted by molar-refractivity contribution is 5.29. The van der Waals surface area contributed by atoms with Crippen molar-refractivity contribution in [3.8, 4) is 5.75 Å². The van der Waals surface area contributed by atoms with Gasteiger partial charge in [-0.25, -0.2) is 4.39 Å². The van der Waals surface area contributed by atoms with Crippen molar-refractivity contribution in [3.63, 3.8) is 0 Å². The maximum absolute atomic E-state index is 13.4. The predicted octanol–water partition coefficient (Wildman–Crippen LogP) is 1.79. The minimum atomic E-state index is -1.23. The van der Waals surface area contributed by atoms with Crippen LogP contribution in [0.15, 0.2) is 48.5 Å². The molecule has 0 aromatic heterocycles. The molecular formula is C16H17FO4. The molecule has 2 aromatic rings.